The van der Waals surface area contributed by atoms with Crippen LogP contribution in [0.25, 0.3) is 42.2 Å². The van der Waals surface area contributed by atoms with Gasteiger partial charge in [-0.15, -0.1) is 11.3 Å². The highest BCUT2D eigenvalue weighted by atomic mass is 32.1. The zero-order chi connectivity index (χ0) is 21.0. The molecule has 5 aromatic rings. The first-order valence-electron chi connectivity index (χ1n) is 10.7. The largest absolute Gasteiger partial charge is 0.255 e. The number of pyridine rings is 1. The van der Waals surface area contributed by atoms with Crippen molar-refractivity contribution in [3.05, 3.63) is 72.4 Å². The Hall–Kier alpha value is -2.49. The standard InChI is InChI=1S/C27H27NSSi/c1-17(2)24-15-19(14-18-8-6-7-9-21(18)24)26-27-23(12-13-28-26)22-11-10-20(30(3,4)5)16-25(22)29-27/h6-17H,1-5H3. The highest BCUT2D eigenvalue weighted by molar-refractivity contribution is 7.26. The van der Waals surface area contributed by atoms with Crippen molar-refractivity contribution in [2.75, 3.05) is 0 Å². The summed E-state index contributed by atoms with van der Waals surface area (Å²) in [6.45, 7) is 11.8. The summed E-state index contributed by atoms with van der Waals surface area (Å²) < 4.78 is 2.68. The van der Waals surface area contributed by atoms with Crippen molar-refractivity contribution in [2.45, 2.75) is 39.4 Å². The second-order valence-corrected chi connectivity index (χ2v) is 15.7. The molecule has 0 atom stereocenters. The van der Waals surface area contributed by atoms with Crippen LogP contribution in [-0.2, 0) is 0 Å². The van der Waals surface area contributed by atoms with E-state index in [9.17, 15) is 0 Å². The van der Waals surface area contributed by atoms with Crippen LogP contribution in [0.15, 0.2) is 66.9 Å². The summed E-state index contributed by atoms with van der Waals surface area (Å²) >= 11 is 1.89. The number of nitrogens with zero attached hydrogens (tertiary/aromatic N) is 1. The Morgan fingerprint density at radius 2 is 1.63 bits per heavy atom. The molecule has 3 aromatic carbocycles. The molecule has 2 heterocycles. The highest BCUT2D eigenvalue weighted by Crippen LogP contribution is 2.40. The van der Waals surface area contributed by atoms with Crippen LogP contribution in [0.1, 0.15) is 25.3 Å². The fourth-order valence-corrected chi connectivity index (χ4v) is 6.84. The van der Waals surface area contributed by atoms with E-state index >= 15 is 0 Å². The Balaban J connectivity index is 1.79. The Morgan fingerprint density at radius 3 is 2.40 bits per heavy atom. The monoisotopic (exact) mass is 425 g/mol. The molecule has 150 valence electrons. The fraction of sp³-hybridized carbons (Fsp3) is 0.222. The minimum atomic E-state index is -1.34. The van der Waals surface area contributed by atoms with Crippen LogP contribution in [0.5, 0.6) is 0 Å². The Kier molecular flexibility index (Phi) is 4.57. The van der Waals surface area contributed by atoms with E-state index in [4.69, 9.17) is 4.98 Å². The van der Waals surface area contributed by atoms with E-state index in [-0.39, 0.29) is 0 Å². The number of fused-ring (bicyclic) bond motifs is 4. The van der Waals surface area contributed by atoms with Gasteiger partial charge in [-0.05, 0) is 46.5 Å². The summed E-state index contributed by atoms with van der Waals surface area (Å²) in [5.41, 5.74) is 3.72. The SMILES string of the molecule is CC(C)c1cc(-c2nccc3c2sc2cc([Si](C)(C)C)ccc23)cc2ccccc12. The first-order valence-corrected chi connectivity index (χ1v) is 15.0. The van der Waals surface area contributed by atoms with Crippen LogP contribution in [-0.4, -0.2) is 13.1 Å². The number of rotatable bonds is 3. The predicted octanol–water partition coefficient (Wildman–Crippen LogP) is 7.94. The van der Waals surface area contributed by atoms with E-state index in [1.165, 1.54) is 47.3 Å². The van der Waals surface area contributed by atoms with Gasteiger partial charge in [0, 0.05) is 27.2 Å². The van der Waals surface area contributed by atoms with Gasteiger partial charge in [0.25, 0.3) is 0 Å². The summed E-state index contributed by atoms with van der Waals surface area (Å²) in [5, 5.41) is 6.83. The molecule has 0 fully saturated rings. The van der Waals surface area contributed by atoms with Crippen LogP contribution in [0.2, 0.25) is 19.6 Å². The lowest BCUT2D eigenvalue weighted by Crippen LogP contribution is -2.37. The normalized spacial score (nSPS) is 12.5. The number of benzene rings is 3. The molecule has 0 aliphatic heterocycles. The number of thiophene rings is 1. The van der Waals surface area contributed by atoms with Crippen molar-refractivity contribution >= 4 is 55.5 Å². The Morgan fingerprint density at radius 1 is 0.833 bits per heavy atom. The molecular weight excluding hydrogens is 398 g/mol. The lowest BCUT2D eigenvalue weighted by Gasteiger charge is -2.16. The molecule has 0 unspecified atom stereocenters. The van der Waals surface area contributed by atoms with E-state index in [1.807, 2.05) is 17.5 Å². The maximum Gasteiger partial charge on any atom is 0.0880 e. The summed E-state index contributed by atoms with van der Waals surface area (Å²) in [7, 11) is -1.34. The highest BCUT2D eigenvalue weighted by Gasteiger charge is 2.19. The topological polar surface area (TPSA) is 12.9 Å². The zero-order valence-corrected chi connectivity index (χ0v) is 20.1. The van der Waals surface area contributed by atoms with E-state index in [0.717, 1.165) is 5.69 Å². The summed E-state index contributed by atoms with van der Waals surface area (Å²) in [4.78, 5) is 4.87. The summed E-state index contributed by atoms with van der Waals surface area (Å²) in [6.07, 6.45) is 1.97. The maximum atomic E-state index is 4.87. The molecule has 0 N–H and O–H groups in total. The van der Waals surface area contributed by atoms with Crippen molar-refractivity contribution < 1.29 is 0 Å². The number of hydrogen-bond acceptors (Lipinski definition) is 2. The van der Waals surface area contributed by atoms with Gasteiger partial charge in [-0.25, -0.2) is 0 Å². The Labute approximate surface area is 183 Å². The first-order chi connectivity index (χ1) is 14.3. The van der Waals surface area contributed by atoms with Gasteiger partial charge in [0.2, 0.25) is 0 Å². The molecule has 0 amide bonds. The quantitative estimate of drug-likeness (QED) is 0.267. The third-order valence-corrected chi connectivity index (χ3v) is 9.26. The number of hydrogen-bond donors (Lipinski definition) is 0. The summed E-state index contributed by atoms with van der Waals surface area (Å²) in [6, 6.07) is 22.6. The molecule has 0 aliphatic carbocycles. The lowest BCUT2D eigenvalue weighted by molar-refractivity contribution is 0.876. The molecule has 0 aliphatic rings. The van der Waals surface area contributed by atoms with Crippen LogP contribution in [0.4, 0.5) is 0 Å². The molecule has 0 radical (unpaired) electrons. The first kappa shape index (κ1) is 19.5. The fourth-order valence-electron chi connectivity index (χ4n) is 4.33. The van der Waals surface area contributed by atoms with Crippen LogP contribution >= 0.6 is 11.3 Å². The molecular formula is C27H27NSSi. The van der Waals surface area contributed by atoms with Crippen molar-refractivity contribution in [3.8, 4) is 11.3 Å². The van der Waals surface area contributed by atoms with Crippen LogP contribution in [0, 0.1) is 0 Å². The van der Waals surface area contributed by atoms with Gasteiger partial charge in [0.1, 0.15) is 0 Å². The van der Waals surface area contributed by atoms with Gasteiger partial charge in [-0.3, -0.25) is 4.98 Å². The van der Waals surface area contributed by atoms with Crippen molar-refractivity contribution in [3.63, 3.8) is 0 Å². The predicted molar refractivity (Wildman–Crippen MR) is 137 cm³/mol. The van der Waals surface area contributed by atoms with Gasteiger partial charge in [-0.1, -0.05) is 75.1 Å². The van der Waals surface area contributed by atoms with E-state index in [2.05, 4.69) is 94.2 Å². The summed E-state index contributed by atoms with van der Waals surface area (Å²) in [5.74, 6) is 0.468. The molecule has 0 saturated heterocycles. The lowest BCUT2D eigenvalue weighted by atomic mass is 9.92. The van der Waals surface area contributed by atoms with Crippen molar-refractivity contribution in [1.29, 1.82) is 0 Å². The third kappa shape index (κ3) is 3.17. The minimum absolute atomic E-state index is 0.468. The van der Waals surface area contributed by atoms with Crippen LogP contribution in [0.3, 0.4) is 0 Å². The van der Waals surface area contributed by atoms with Gasteiger partial charge >= 0.3 is 0 Å². The van der Waals surface area contributed by atoms with Crippen LogP contribution < -0.4 is 5.19 Å². The third-order valence-electron chi connectivity index (χ3n) is 6.04. The van der Waals surface area contributed by atoms with Gasteiger partial charge in [0.05, 0.1) is 18.5 Å². The molecule has 1 nitrogen and oxygen atoms in total. The molecule has 0 spiro atoms. The average Bonchev–Trinajstić information content (AvgIpc) is 3.10. The van der Waals surface area contributed by atoms with Gasteiger partial charge in [-0.2, -0.15) is 0 Å². The van der Waals surface area contributed by atoms with Crippen molar-refractivity contribution in [1.82, 2.24) is 4.98 Å². The zero-order valence-electron chi connectivity index (χ0n) is 18.3. The minimum Gasteiger partial charge on any atom is -0.255 e. The van der Waals surface area contributed by atoms with E-state index in [1.54, 1.807) is 0 Å². The van der Waals surface area contributed by atoms with Crippen molar-refractivity contribution in [2.24, 2.45) is 0 Å². The van der Waals surface area contributed by atoms with Gasteiger partial charge < -0.3 is 0 Å². The average molecular weight is 426 g/mol. The molecule has 30 heavy (non-hydrogen) atoms. The van der Waals surface area contributed by atoms with E-state index < -0.39 is 8.07 Å². The smallest absolute Gasteiger partial charge is 0.0880 e. The molecule has 0 bridgehead atoms. The van der Waals surface area contributed by atoms with Gasteiger partial charge in [0.15, 0.2) is 0 Å². The van der Waals surface area contributed by atoms with E-state index in [0.29, 0.717) is 5.92 Å². The Bertz CT molecular complexity index is 1410. The molecule has 3 heteroatoms. The molecule has 5 rings (SSSR count). The number of aromatic nitrogens is 1. The maximum absolute atomic E-state index is 4.87. The molecule has 2 aromatic heterocycles. The second-order valence-electron chi connectivity index (χ2n) is 9.54. The molecule has 0 saturated carbocycles. The second kappa shape index (κ2) is 7.04.